The average molecular weight is 463 g/mol. The molecule has 7 nitrogen and oxygen atoms in total. The number of benzene rings is 1. The van der Waals surface area contributed by atoms with Crippen molar-refractivity contribution >= 4 is 28.8 Å². The Morgan fingerprint density at radius 1 is 1.21 bits per heavy atom. The first-order chi connectivity index (χ1) is 16.0. The third-order valence-corrected chi connectivity index (χ3v) is 7.28. The number of aryl methyl sites for hydroxylation is 1. The molecule has 1 fully saturated rings. The van der Waals surface area contributed by atoms with Crippen molar-refractivity contribution in [2.75, 3.05) is 31.1 Å². The molecule has 5 rings (SSSR count). The number of piperidine rings is 1. The minimum Gasteiger partial charge on any atom is -0.482 e. The van der Waals surface area contributed by atoms with Crippen LogP contribution in [0.25, 0.3) is 22.0 Å². The number of hydrogen-bond donors (Lipinski definition) is 0. The average Bonchev–Trinajstić information content (AvgIpc) is 3.23. The predicted octanol–water partition coefficient (Wildman–Crippen LogP) is 4.16. The summed E-state index contributed by atoms with van der Waals surface area (Å²) < 4.78 is 5.66. The number of aromatic nitrogens is 2. The first kappa shape index (κ1) is 21.6. The van der Waals surface area contributed by atoms with Gasteiger partial charge < -0.3 is 9.64 Å². The fourth-order valence-corrected chi connectivity index (χ4v) is 5.19. The molecule has 33 heavy (non-hydrogen) atoms. The van der Waals surface area contributed by atoms with Crippen molar-refractivity contribution in [1.29, 1.82) is 0 Å². The van der Waals surface area contributed by atoms with Crippen LogP contribution in [0.1, 0.15) is 24.6 Å². The minimum atomic E-state index is -0.206. The predicted molar refractivity (Wildman–Crippen MR) is 128 cm³/mol. The summed E-state index contributed by atoms with van der Waals surface area (Å²) >= 11 is 1.58. The number of amides is 2. The maximum Gasteiger partial charge on any atom is 0.265 e. The summed E-state index contributed by atoms with van der Waals surface area (Å²) in [6, 6.07) is 11.5. The van der Waals surface area contributed by atoms with Crippen LogP contribution in [0, 0.1) is 12.8 Å². The molecule has 0 N–H and O–H groups in total. The first-order valence-electron chi connectivity index (χ1n) is 11.2. The van der Waals surface area contributed by atoms with Crippen LogP contribution >= 0.6 is 11.3 Å². The van der Waals surface area contributed by atoms with Gasteiger partial charge in [0, 0.05) is 29.7 Å². The number of carbonyl (C=O) groups excluding carboxylic acids is 2. The van der Waals surface area contributed by atoms with Gasteiger partial charge >= 0.3 is 0 Å². The van der Waals surface area contributed by atoms with E-state index in [1.54, 1.807) is 22.4 Å². The molecule has 1 saturated heterocycles. The largest absolute Gasteiger partial charge is 0.482 e. The van der Waals surface area contributed by atoms with E-state index in [1.165, 1.54) is 0 Å². The summed E-state index contributed by atoms with van der Waals surface area (Å²) in [6.45, 7) is 5.71. The molecule has 2 aromatic heterocycles. The van der Waals surface area contributed by atoms with Crippen molar-refractivity contribution < 1.29 is 14.3 Å². The third kappa shape index (κ3) is 4.35. The fourth-order valence-electron chi connectivity index (χ4n) is 4.28. The number of hydrogen-bond acceptors (Lipinski definition) is 6. The molecule has 0 saturated carbocycles. The van der Waals surface area contributed by atoms with E-state index in [9.17, 15) is 9.59 Å². The van der Waals surface area contributed by atoms with E-state index in [2.05, 4.69) is 11.9 Å². The quantitative estimate of drug-likeness (QED) is 0.582. The normalized spacial score (nSPS) is 16.5. The fraction of sp³-hybridized carbons (Fsp3) is 0.360. The van der Waals surface area contributed by atoms with Gasteiger partial charge in [-0.2, -0.15) is 0 Å². The van der Waals surface area contributed by atoms with E-state index in [1.807, 2.05) is 48.2 Å². The Hall–Kier alpha value is -3.26. The van der Waals surface area contributed by atoms with Crippen LogP contribution in [0.5, 0.6) is 5.75 Å². The van der Waals surface area contributed by atoms with Gasteiger partial charge in [-0.3, -0.25) is 19.5 Å². The number of fused-ring (bicyclic) bond motifs is 1. The molecule has 2 amide bonds. The van der Waals surface area contributed by atoms with Crippen LogP contribution in [-0.2, 0) is 9.59 Å². The molecule has 0 radical (unpaired) electrons. The Bertz CT molecular complexity index is 1190. The smallest absolute Gasteiger partial charge is 0.265 e. The van der Waals surface area contributed by atoms with Gasteiger partial charge in [-0.05, 0) is 56.0 Å². The third-order valence-electron chi connectivity index (χ3n) is 6.29. The number of ether oxygens (including phenoxy) is 1. The topological polar surface area (TPSA) is 75.6 Å². The van der Waals surface area contributed by atoms with E-state index in [0.29, 0.717) is 17.4 Å². The van der Waals surface area contributed by atoms with Gasteiger partial charge in [0.2, 0.25) is 5.91 Å². The summed E-state index contributed by atoms with van der Waals surface area (Å²) in [5, 5.41) is 0.847. The maximum absolute atomic E-state index is 13.0. The standard InChI is InChI=1S/C25H26N4O3S/c1-16-8-11-28(12-9-16)22(30)14-29-20-13-18(6-7-21(20)32-15-23(29)31)24-17(2)33-25(27-24)19-5-3-4-10-26-19/h3-7,10,13,16H,8-9,11-12,14-15H2,1-2H3. The molecule has 8 heteroatoms. The number of likely N-dealkylation sites (tertiary alicyclic amines) is 1. The lowest BCUT2D eigenvalue weighted by Crippen LogP contribution is -2.48. The molecule has 0 unspecified atom stereocenters. The van der Waals surface area contributed by atoms with E-state index < -0.39 is 0 Å². The molecular formula is C25H26N4O3S. The highest BCUT2D eigenvalue weighted by molar-refractivity contribution is 7.15. The zero-order valence-corrected chi connectivity index (χ0v) is 19.6. The summed E-state index contributed by atoms with van der Waals surface area (Å²) in [5.74, 6) is 1.02. The number of pyridine rings is 1. The van der Waals surface area contributed by atoms with Crippen LogP contribution in [0.2, 0.25) is 0 Å². The lowest BCUT2D eigenvalue weighted by atomic mass is 9.99. The van der Waals surface area contributed by atoms with Crippen molar-refractivity contribution in [3.05, 3.63) is 47.5 Å². The Balaban J connectivity index is 1.43. The highest BCUT2D eigenvalue weighted by atomic mass is 32.1. The second-order valence-electron chi connectivity index (χ2n) is 8.65. The van der Waals surface area contributed by atoms with Crippen molar-refractivity contribution in [3.63, 3.8) is 0 Å². The summed E-state index contributed by atoms with van der Waals surface area (Å²) in [6.07, 6.45) is 3.77. The Kier molecular flexibility index (Phi) is 5.85. The SMILES string of the molecule is Cc1sc(-c2ccccn2)nc1-c1ccc2c(c1)N(CC(=O)N1CCC(C)CC1)C(=O)CO2. The van der Waals surface area contributed by atoms with E-state index >= 15 is 0 Å². The molecule has 1 aromatic carbocycles. The van der Waals surface area contributed by atoms with Gasteiger partial charge in [-0.1, -0.05) is 13.0 Å². The van der Waals surface area contributed by atoms with Gasteiger partial charge in [0.15, 0.2) is 6.61 Å². The molecule has 4 heterocycles. The van der Waals surface area contributed by atoms with Crippen molar-refractivity contribution in [1.82, 2.24) is 14.9 Å². The van der Waals surface area contributed by atoms with Crippen LogP contribution in [-0.4, -0.2) is 52.9 Å². The van der Waals surface area contributed by atoms with Crippen LogP contribution in [0.4, 0.5) is 5.69 Å². The lowest BCUT2D eigenvalue weighted by molar-refractivity contribution is -0.133. The van der Waals surface area contributed by atoms with E-state index in [-0.39, 0.29) is 25.0 Å². The lowest BCUT2D eigenvalue weighted by Gasteiger charge is -2.34. The molecule has 3 aromatic rings. The van der Waals surface area contributed by atoms with Crippen LogP contribution in [0.3, 0.4) is 0 Å². The molecule has 0 atom stereocenters. The maximum atomic E-state index is 13.0. The first-order valence-corrected chi connectivity index (χ1v) is 12.1. The number of carbonyl (C=O) groups is 2. The Labute approximate surface area is 197 Å². The van der Waals surface area contributed by atoms with Gasteiger partial charge in [-0.15, -0.1) is 11.3 Å². The minimum absolute atomic E-state index is 0.0178. The monoisotopic (exact) mass is 462 g/mol. The Morgan fingerprint density at radius 3 is 2.79 bits per heavy atom. The molecule has 0 bridgehead atoms. The van der Waals surface area contributed by atoms with Crippen molar-refractivity contribution in [2.45, 2.75) is 26.7 Å². The van der Waals surface area contributed by atoms with Gasteiger partial charge in [0.25, 0.3) is 5.91 Å². The zero-order chi connectivity index (χ0) is 22.9. The Morgan fingerprint density at radius 2 is 2.03 bits per heavy atom. The highest BCUT2D eigenvalue weighted by Gasteiger charge is 2.30. The number of anilines is 1. The second kappa shape index (κ2) is 8.94. The molecule has 2 aliphatic heterocycles. The van der Waals surface area contributed by atoms with Crippen molar-refractivity contribution in [3.8, 4) is 27.7 Å². The summed E-state index contributed by atoms with van der Waals surface area (Å²) in [4.78, 5) is 39.4. The molecule has 170 valence electrons. The van der Waals surface area contributed by atoms with Crippen LogP contribution in [0.15, 0.2) is 42.6 Å². The molecular weight excluding hydrogens is 436 g/mol. The van der Waals surface area contributed by atoms with Gasteiger partial charge in [-0.25, -0.2) is 4.98 Å². The highest BCUT2D eigenvalue weighted by Crippen LogP contribution is 2.39. The molecule has 0 spiro atoms. The summed E-state index contributed by atoms with van der Waals surface area (Å²) in [5.41, 5.74) is 3.18. The number of nitrogens with zero attached hydrogens (tertiary/aromatic N) is 4. The van der Waals surface area contributed by atoms with Gasteiger partial charge in [0.1, 0.15) is 17.3 Å². The summed E-state index contributed by atoms with van der Waals surface area (Å²) in [7, 11) is 0. The zero-order valence-electron chi connectivity index (χ0n) is 18.8. The van der Waals surface area contributed by atoms with Crippen LogP contribution < -0.4 is 9.64 Å². The molecule has 0 aliphatic carbocycles. The number of thiazole rings is 1. The number of rotatable bonds is 4. The molecule has 2 aliphatic rings. The van der Waals surface area contributed by atoms with E-state index in [0.717, 1.165) is 52.8 Å². The van der Waals surface area contributed by atoms with Crippen molar-refractivity contribution in [2.24, 2.45) is 5.92 Å². The van der Waals surface area contributed by atoms with Gasteiger partial charge in [0.05, 0.1) is 17.1 Å². The second-order valence-corrected chi connectivity index (χ2v) is 9.86. The van der Waals surface area contributed by atoms with E-state index in [4.69, 9.17) is 9.72 Å².